The summed E-state index contributed by atoms with van der Waals surface area (Å²) in [7, 11) is 1.59. The van der Waals surface area contributed by atoms with Crippen molar-refractivity contribution in [1.29, 1.82) is 0 Å². The average Bonchev–Trinajstić information content (AvgIpc) is 2.31. The maximum absolute atomic E-state index is 11.7. The van der Waals surface area contributed by atoms with Gasteiger partial charge >= 0.3 is 6.03 Å². The number of carbonyl (C=O) groups excluding carboxylic acids is 1. The number of aryl methyl sites for hydroxylation is 1. The van der Waals surface area contributed by atoms with Gasteiger partial charge in [-0.1, -0.05) is 19.1 Å². The Morgan fingerprint density at radius 2 is 2.18 bits per heavy atom. The third kappa shape index (κ3) is 3.66. The number of hydrogen-bond donors (Lipinski definition) is 2. The van der Waals surface area contributed by atoms with Crippen LogP contribution in [0, 0.1) is 6.92 Å². The topological polar surface area (TPSA) is 50.4 Å². The van der Waals surface area contributed by atoms with Gasteiger partial charge in [0, 0.05) is 6.04 Å². The Labute approximate surface area is 102 Å². The highest BCUT2D eigenvalue weighted by Crippen LogP contribution is 2.27. The first-order valence-electron chi connectivity index (χ1n) is 5.79. The molecule has 2 N–H and O–H groups in total. The second kappa shape index (κ2) is 6.13. The molecule has 17 heavy (non-hydrogen) atoms. The molecular formula is C13H20N2O2. The first-order chi connectivity index (χ1) is 8.08. The van der Waals surface area contributed by atoms with E-state index in [1.54, 1.807) is 7.11 Å². The lowest BCUT2D eigenvalue weighted by Crippen LogP contribution is -2.35. The van der Waals surface area contributed by atoms with Gasteiger partial charge in [0.15, 0.2) is 0 Å². The van der Waals surface area contributed by atoms with Crippen molar-refractivity contribution in [2.45, 2.75) is 33.2 Å². The molecule has 4 heteroatoms. The molecule has 1 rings (SSSR count). The number of benzene rings is 1. The van der Waals surface area contributed by atoms with Crippen molar-refractivity contribution in [3.63, 3.8) is 0 Å². The van der Waals surface area contributed by atoms with E-state index < -0.39 is 0 Å². The predicted molar refractivity (Wildman–Crippen MR) is 69.6 cm³/mol. The number of urea groups is 1. The number of ether oxygens (including phenoxy) is 1. The highest BCUT2D eigenvalue weighted by molar-refractivity contribution is 5.92. The zero-order valence-electron chi connectivity index (χ0n) is 10.8. The zero-order valence-corrected chi connectivity index (χ0v) is 10.8. The summed E-state index contributed by atoms with van der Waals surface area (Å²) in [6.45, 7) is 5.93. The molecule has 0 aliphatic heterocycles. The minimum absolute atomic E-state index is 0.157. The molecule has 0 heterocycles. The molecule has 0 fully saturated rings. The molecule has 94 valence electrons. The first-order valence-corrected chi connectivity index (χ1v) is 5.79. The Bertz CT molecular complexity index is 391. The second-order valence-electron chi connectivity index (χ2n) is 4.06. The van der Waals surface area contributed by atoms with Gasteiger partial charge in [0.1, 0.15) is 5.75 Å². The molecule has 2 amide bonds. The summed E-state index contributed by atoms with van der Waals surface area (Å²) in [5.41, 5.74) is 1.69. The molecule has 4 nitrogen and oxygen atoms in total. The lowest BCUT2D eigenvalue weighted by Gasteiger charge is -2.15. The van der Waals surface area contributed by atoms with Crippen LogP contribution >= 0.6 is 0 Å². The summed E-state index contributed by atoms with van der Waals surface area (Å²) in [5.74, 6) is 0.671. The van der Waals surface area contributed by atoms with E-state index in [9.17, 15) is 4.79 Å². The van der Waals surface area contributed by atoms with Crippen LogP contribution in [0.25, 0.3) is 0 Å². The molecule has 0 saturated heterocycles. The summed E-state index contributed by atoms with van der Waals surface area (Å²) in [4.78, 5) is 11.7. The summed E-state index contributed by atoms with van der Waals surface area (Å²) in [6.07, 6.45) is 0.901. The molecule has 0 aliphatic rings. The fourth-order valence-electron chi connectivity index (χ4n) is 1.45. The van der Waals surface area contributed by atoms with Crippen LogP contribution in [0.3, 0.4) is 0 Å². The number of para-hydroxylation sites is 1. The van der Waals surface area contributed by atoms with Crippen molar-refractivity contribution in [2.24, 2.45) is 0 Å². The van der Waals surface area contributed by atoms with Crippen molar-refractivity contribution >= 4 is 11.7 Å². The maximum Gasteiger partial charge on any atom is 0.319 e. The van der Waals surface area contributed by atoms with E-state index in [2.05, 4.69) is 10.6 Å². The number of amides is 2. The van der Waals surface area contributed by atoms with Crippen LogP contribution in [0.4, 0.5) is 10.5 Å². The van der Waals surface area contributed by atoms with Gasteiger partial charge in [-0.15, -0.1) is 0 Å². The number of methoxy groups -OCH3 is 1. The highest BCUT2D eigenvalue weighted by atomic mass is 16.5. The molecule has 1 atom stereocenters. The summed E-state index contributed by atoms with van der Waals surface area (Å²) < 4.78 is 5.22. The smallest absolute Gasteiger partial charge is 0.319 e. The molecule has 0 unspecified atom stereocenters. The largest absolute Gasteiger partial charge is 0.495 e. The van der Waals surface area contributed by atoms with E-state index in [1.807, 2.05) is 39.0 Å². The van der Waals surface area contributed by atoms with Gasteiger partial charge in [-0.3, -0.25) is 0 Å². The van der Waals surface area contributed by atoms with Gasteiger partial charge in [-0.25, -0.2) is 4.79 Å². The Morgan fingerprint density at radius 1 is 1.47 bits per heavy atom. The molecule has 0 aromatic heterocycles. The number of hydrogen-bond acceptors (Lipinski definition) is 2. The lowest BCUT2D eigenvalue weighted by molar-refractivity contribution is 0.249. The molecule has 1 aromatic rings. The molecule has 1 aromatic carbocycles. The minimum Gasteiger partial charge on any atom is -0.495 e. The first kappa shape index (κ1) is 13.4. The lowest BCUT2D eigenvalue weighted by atomic mass is 10.2. The highest BCUT2D eigenvalue weighted by Gasteiger charge is 2.10. The van der Waals surface area contributed by atoms with E-state index in [1.165, 1.54) is 0 Å². The van der Waals surface area contributed by atoms with Crippen LogP contribution in [0.1, 0.15) is 25.8 Å². The number of nitrogens with one attached hydrogen (secondary N) is 2. The SMILES string of the molecule is CC[C@@H](C)NC(=O)Nc1c(C)cccc1OC. The fraction of sp³-hybridized carbons (Fsp3) is 0.462. The van der Waals surface area contributed by atoms with E-state index >= 15 is 0 Å². The standard InChI is InChI=1S/C13H20N2O2/c1-5-10(3)14-13(16)15-12-9(2)7-6-8-11(12)17-4/h6-8,10H,5H2,1-4H3,(H2,14,15,16)/t10-/m1/s1. The van der Waals surface area contributed by atoms with Crippen molar-refractivity contribution in [3.8, 4) is 5.75 Å². The van der Waals surface area contributed by atoms with Gasteiger partial charge < -0.3 is 15.4 Å². The normalized spacial score (nSPS) is 11.8. The van der Waals surface area contributed by atoms with Gasteiger partial charge in [0.05, 0.1) is 12.8 Å². The minimum atomic E-state index is -0.202. The van der Waals surface area contributed by atoms with Crippen LogP contribution in [0.5, 0.6) is 5.75 Å². The molecule has 0 spiro atoms. The number of rotatable bonds is 4. The van der Waals surface area contributed by atoms with Gasteiger partial charge in [0.25, 0.3) is 0 Å². The Hall–Kier alpha value is -1.71. The zero-order chi connectivity index (χ0) is 12.8. The van der Waals surface area contributed by atoms with Crippen LogP contribution in [0.2, 0.25) is 0 Å². The van der Waals surface area contributed by atoms with Crippen molar-refractivity contribution < 1.29 is 9.53 Å². The van der Waals surface area contributed by atoms with Crippen molar-refractivity contribution in [3.05, 3.63) is 23.8 Å². The average molecular weight is 236 g/mol. The third-order valence-electron chi connectivity index (χ3n) is 2.68. The molecular weight excluding hydrogens is 216 g/mol. The van der Waals surface area contributed by atoms with E-state index in [0.717, 1.165) is 17.7 Å². The van der Waals surface area contributed by atoms with Gasteiger partial charge in [0.2, 0.25) is 0 Å². The van der Waals surface area contributed by atoms with E-state index in [0.29, 0.717) is 5.75 Å². The fourth-order valence-corrected chi connectivity index (χ4v) is 1.45. The second-order valence-corrected chi connectivity index (χ2v) is 4.06. The summed E-state index contributed by atoms with van der Waals surface area (Å²) in [6, 6.07) is 5.61. The molecule has 0 bridgehead atoms. The molecule has 0 aliphatic carbocycles. The number of carbonyl (C=O) groups is 1. The van der Waals surface area contributed by atoms with Gasteiger partial charge in [-0.2, -0.15) is 0 Å². The summed E-state index contributed by atoms with van der Waals surface area (Å²) >= 11 is 0. The molecule has 0 saturated carbocycles. The van der Waals surface area contributed by atoms with E-state index in [-0.39, 0.29) is 12.1 Å². The number of anilines is 1. The Morgan fingerprint density at radius 3 is 2.76 bits per heavy atom. The van der Waals surface area contributed by atoms with Crippen molar-refractivity contribution in [2.75, 3.05) is 12.4 Å². The van der Waals surface area contributed by atoms with Crippen LogP contribution in [-0.4, -0.2) is 19.2 Å². The van der Waals surface area contributed by atoms with E-state index in [4.69, 9.17) is 4.74 Å². The van der Waals surface area contributed by atoms with Crippen molar-refractivity contribution in [1.82, 2.24) is 5.32 Å². The molecule has 0 radical (unpaired) electrons. The van der Waals surface area contributed by atoms with Crippen LogP contribution < -0.4 is 15.4 Å². The monoisotopic (exact) mass is 236 g/mol. The van der Waals surface area contributed by atoms with Gasteiger partial charge in [-0.05, 0) is 31.9 Å². The Kier molecular flexibility index (Phi) is 4.82. The summed E-state index contributed by atoms with van der Waals surface area (Å²) in [5, 5.41) is 5.67. The van der Waals surface area contributed by atoms with Crippen LogP contribution in [-0.2, 0) is 0 Å². The maximum atomic E-state index is 11.7. The predicted octanol–water partition coefficient (Wildman–Crippen LogP) is 2.92. The Balaban J connectivity index is 2.77. The quantitative estimate of drug-likeness (QED) is 0.844. The van der Waals surface area contributed by atoms with Crippen LogP contribution in [0.15, 0.2) is 18.2 Å². The third-order valence-corrected chi connectivity index (χ3v) is 2.68.